The van der Waals surface area contributed by atoms with Gasteiger partial charge in [-0.05, 0) is 56.5 Å². The van der Waals surface area contributed by atoms with Crippen molar-refractivity contribution >= 4 is 0 Å². The average molecular weight is 250 g/mol. The van der Waals surface area contributed by atoms with Crippen molar-refractivity contribution in [2.45, 2.75) is 33.7 Å². The Hall–Kier alpha value is -1.06. The van der Waals surface area contributed by atoms with E-state index in [1.807, 2.05) is 0 Å². The molecule has 1 atom stereocenters. The summed E-state index contributed by atoms with van der Waals surface area (Å²) in [5, 5.41) is 3.45. The summed E-state index contributed by atoms with van der Waals surface area (Å²) in [5.74, 6) is 1.55. The van der Waals surface area contributed by atoms with E-state index in [1.54, 1.807) is 7.11 Å². The van der Waals surface area contributed by atoms with Gasteiger partial charge < -0.3 is 15.8 Å². The van der Waals surface area contributed by atoms with E-state index in [4.69, 9.17) is 10.5 Å². The Kier molecular flexibility index (Phi) is 6.16. The molecule has 0 saturated heterocycles. The molecule has 0 bridgehead atoms. The Morgan fingerprint density at radius 1 is 1.28 bits per heavy atom. The highest BCUT2D eigenvalue weighted by molar-refractivity contribution is 5.41. The van der Waals surface area contributed by atoms with E-state index >= 15 is 0 Å². The predicted molar refractivity (Wildman–Crippen MR) is 77.0 cm³/mol. The van der Waals surface area contributed by atoms with Crippen LogP contribution in [0.1, 0.15) is 30.0 Å². The molecule has 0 aliphatic heterocycles. The summed E-state index contributed by atoms with van der Waals surface area (Å²) in [6.07, 6.45) is 1.11. The topological polar surface area (TPSA) is 47.3 Å². The van der Waals surface area contributed by atoms with Crippen LogP contribution in [0.25, 0.3) is 0 Å². The minimum absolute atomic E-state index is 0.583. The monoisotopic (exact) mass is 250 g/mol. The van der Waals surface area contributed by atoms with Crippen molar-refractivity contribution in [2.24, 2.45) is 11.7 Å². The zero-order valence-corrected chi connectivity index (χ0v) is 12.0. The second kappa shape index (κ2) is 7.39. The molecule has 0 amide bonds. The van der Waals surface area contributed by atoms with Gasteiger partial charge in [0.1, 0.15) is 5.75 Å². The molecular formula is C15H26N2O. The highest BCUT2D eigenvalue weighted by Crippen LogP contribution is 2.22. The van der Waals surface area contributed by atoms with Crippen LogP contribution in [0, 0.1) is 19.8 Å². The second-order valence-corrected chi connectivity index (χ2v) is 5.05. The first-order chi connectivity index (χ1) is 8.58. The minimum Gasteiger partial charge on any atom is -0.496 e. The molecule has 0 heterocycles. The molecule has 0 aromatic heterocycles. The van der Waals surface area contributed by atoms with E-state index in [9.17, 15) is 0 Å². The lowest BCUT2D eigenvalue weighted by molar-refractivity contribution is 0.406. The highest BCUT2D eigenvalue weighted by Gasteiger charge is 2.06. The van der Waals surface area contributed by atoms with Crippen LogP contribution in [0.4, 0.5) is 0 Å². The summed E-state index contributed by atoms with van der Waals surface area (Å²) in [6.45, 7) is 9.02. The summed E-state index contributed by atoms with van der Waals surface area (Å²) in [4.78, 5) is 0. The first-order valence-corrected chi connectivity index (χ1v) is 6.63. The number of rotatable bonds is 7. The fourth-order valence-corrected chi connectivity index (χ4v) is 1.87. The van der Waals surface area contributed by atoms with E-state index in [0.29, 0.717) is 5.92 Å². The summed E-state index contributed by atoms with van der Waals surface area (Å²) >= 11 is 0. The Morgan fingerprint density at radius 3 is 2.56 bits per heavy atom. The van der Waals surface area contributed by atoms with Gasteiger partial charge in [0.15, 0.2) is 0 Å². The van der Waals surface area contributed by atoms with Crippen molar-refractivity contribution in [1.29, 1.82) is 0 Å². The third-order valence-electron chi connectivity index (χ3n) is 3.43. The van der Waals surface area contributed by atoms with Crippen LogP contribution in [0.15, 0.2) is 12.1 Å². The zero-order valence-electron chi connectivity index (χ0n) is 12.0. The van der Waals surface area contributed by atoms with Crippen molar-refractivity contribution in [3.63, 3.8) is 0 Å². The molecule has 0 saturated carbocycles. The quantitative estimate of drug-likeness (QED) is 0.730. The molecule has 3 heteroatoms. The van der Waals surface area contributed by atoms with Gasteiger partial charge in [-0.25, -0.2) is 0 Å². The number of benzene rings is 1. The molecule has 1 rings (SSSR count). The molecule has 0 fully saturated rings. The maximum absolute atomic E-state index is 5.60. The maximum atomic E-state index is 5.60. The molecule has 0 aliphatic carbocycles. The number of aryl methyl sites for hydroxylation is 2. The van der Waals surface area contributed by atoms with Gasteiger partial charge in [-0.15, -0.1) is 0 Å². The van der Waals surface area contributed by atoms with Gasteiger partial charge in [-0.2, -0.15) is 0 Å². The molecule has 0 spiro atoms. The molecule has 18 heavy (non-hydrogen) atoms. The van der Waals surface area contributed by atoms with E-state index < -0.39 is 0 Å². The summed E-state index contributed by atoms with van der Waals surface area (Å²) in [7, 11) is 1.73. The molecule has 3 nitrogen and oxygen atoms in total. The first-order valence-electron chi connectivity index (χ1n) is 6.63. The molecule has 1 unspecified atom stereocenters. The van der Waals surface area contributed by atoms with Crippen LogP contribution < -0.4 is 15.8 Å². The Labute approximate surface area is 111 Å². The van der Waals surface area contributed by atoms with Gasteiger partial charge >= 0.3 is 0 Å². The number of ether oxygens (including phenoxy) is 1. The molecular weight excluding hydrogens is 224 g/mol. The number of nitrogens with two attached hydrogens (primary N) is 1. The third-order valence-corrected chi connectivity index (χ3v) is 3.43. The van der Waals surface area contributed by atoms with Gasteiger partial charge in [0.25, 0.3) is 0 Å². The maximum Gasteiger partial charge on any atom is 0.123 e. The Bertz CT molecular complexity index is 377. The van der Waals surface area contributed by atoms with Crippen LogP contribution in [-0.2, 0) is 6.54 Å². The first kappa shape index (κ1) is 15.0. The smallest absolute Gasteiger partial charge is 0.123 e. The zero-order chi connectivity index (χ0) is 13.5. The molecule has 1 aromatic rings. The van der Waals surface area contributed by atoms with Gasteiger partial charge in [0.05, 0.1) is 7.11 Å². The molecule has 0 aliphatic rings. The van der Waals surface area contributed by atoms with Crippen molar-refractivity contribution in [3.8, 4) is 5.75 Å². The number of methoxy groups -OCH3 is 1. The van der Waals surface area contributed by atoms with Crippen LogP contribution in [0.3, 0.4) is 0 Å². The van der Waals surface area contributed by atoms with Crippen LogP contribution in [0.2, 0.25) is 0 Å². The number of nitrogens with one attached hydrogen (secondary N) is 1. The van der Waals surface area contributed by atoms with E-state index in [-0.39, 0.29) is 0 Å². The largest absolute Gasteiger partial charge is 0.496 e. The minimum atomic E-state index is 0.583. The molecule has 1 aromatic carbocycles. The van der Waals surface area contributed by atoms with Crippen molar-refractivity contribution in [3.05, 3.63) is 28.8 Å². The van der Waals surface area contributed by atoms with Crippen molar-refractivity contribution < 1.29 is 4.74 Å². The lowest BCUT2D eigenvalue weighted by atomic mass is 10.0. The molecule has 0 radical (unpaired) electrons. The fourth-order valence-electron chi connectivity index (χ4n) is 1.87. The Morgan fingerprint density at radius 2 is 1.94 bits per heavy atom. The predicted octanol–water partition coefficient (Wildman–Crippen LogP) is 2.39. The fraction of sp³-hybridized carbons (Fsp3) is 0.600. The second-order valence-electron chi connectivity index (χ2n) is 5.05. The third kappa shape index (κ3) is 4.31. The SMILES string of the molecule is COc1cc(C)c(C)cc1CNCCC(C)CN. The summed E-state index contributed by atoms with van der Waals surface area (Å²) in [6, 6.07) is 4.31. The van der Waals surface area contributed by atoms with Crippen molar-refractivity contribution in [2.75, 3.05) is 20.2 Å². The number of hydrogen-bond donors (Lipinski definition) is 2. The van der Waals surface area contributed by atoms with E-state index in [1.165, 1.54) is 16.7 Å². The van der Waals surface area contributed by atoms with Gasteiger partial charge in [0, 0.05) is 12.1 Å². The van der Waals surface area contributed by atoms with E-state index in [0.717, 1.165) is 31.8 Å². The standard InChI is InChI=1S/C15H26N2O/c1-11(9-16)5-6-17-10-14-7-12(2)13(3)8-15(14)18-4/h7-8,11,17H,5-6,9-10,16H2,1-4H3. The van der Waals surface area contributed by atoms with Crippen molar-refractivity contribution in [1.82, 2.24) is 5.32 Å². The molecule has 102 valence electrons. The average Bonchev–Trinajstić information content (AvgIpc) is 2.37. The lowest BCUT2D eigenvalue weighted by Crippen LogP contribution is -2.20. The van der Waals surface area contributed by atoms with Crippen LogP contribution >= 0.6 is 0 Å². The normalized spacial score (nSPS) is 12.5. The summed E-state index contributed by atoms with van der Waals surface area (Å²) < 4.78 is 5.42. The number of hydrogen-bond acceptors (Lipinski definition) is 3. The van der Waals surface area contributed by atoms with Gasteiger partial charge in [-0.1, -0.05) is 13.0 Å². The Balaban J connectivity index is 2.53. The lowest BCUT2D eigenvalue weighted by Gasteiger charge is -2.13. The highest BCUT2D eigenvalue weighted by atomic mass is 16.5. The van der Waals surface area contributed by atoms with Gasteiger partial charge in [0.2, 0.25) is 0 Å². The summed E-state index contributed by atoms with van der Waals surface area (Å²) in [5.41, 5.74) is 9.40. The van der Waals surface area contributed by atoms with Crippen LogP contribution in [0.5, 0.6) is 5.75 Å². The van der Waals surface area contributed by atoms with E-state index in [2.05, 4.69) is 38.2 Å². The van der Waals surface area contributed by atoms with Gasteiger partial charge in [-0.3, -0.25) is 0 Å². The van der Waals surface area contributed by atoms with Crippen LogP contribution in [-0.4, -0.2) is 20.2 Å². The molecule has 3 N–H and O–H groups in total.